The highest BCUT2D eigenvalue weighted by Crippen LogP contribution is 2.49. The number of allylic oxidation sites excluding steroid dienone is 3. The first kappa shape index (κ1) is 38.2. The number of nitrogens with zero attached hydrogens (tertiary/aromatic N) is 2. The Morgan fingerprint density at radius 3 is 2.59 bits per heavy atom. The Morgan fingerprint density at radius 2 is 1.96 bits per heavy atom. The molecule has 13 nitrogen and oxygen atoms in total. The molecular formula is C35H48ClN3O10. The van der Waals surface area contributed by atoms with Crippen molar-refractivity contribution in [2.75, 3.05) is 33.2 Å². The highest BCUT2D eigenvalue weighted by atomic mass is 35.5. The van der Waals surface area contributed by atoms with Gasteiger partial charge in [-0.05, 0) is 44.9 Å². The topological polar surface area (TPSA) is 156 Å². The van der Waals surface area contributed by atoms with Crippen LogP contribution in [0.1, 0.15) is 59.4 Å². The van der Waals surface area contributed by atoms with Gasteiger partial charge in [-0.1, -0.05) is 49.2 Å². The first-order chi connectivity index (χ1) is 23.0. The van der Waals surface area contributed by atoms with Crippen molar-refractivity contribution in [3.05, 3.63) is 46.5 Å². The highest BCUT2D eigenvalue weighted by Gasteiger charge is 2.64. The van der Waals surface area contributed by atoms with E-state index in [2.05, 4.69) is 5.32 Å². The van der Waals surface area contributed by atoms with Crippen molar-refractivity contribution in [3.63, 3.8) is 0 Å². The van der Waals surface area contributed by atoms with Crippen LogP contribution in [0.25, 0.3) is 0 Å². The maximum Gasteiger partial charge on any atom is 0.409 e. The Balaban J connectivity index is 1.79. The van der Waals surface area contributed by atoms with Gasteiger partial charge in [-0.25, -0.2) is 9.59 Å². The normalized spacial score (nSPS) is 32.8. The second-order valence-electron chi connectivity index (χ2n) is 13.3. The molecule has 270 valence electrons. The Hall–Kier alpha value is -3.65. The molecule has 3 heterocycles. The third-order valence-corrected chi connectivity index (χ3v) is 10.2. The predicted octanol–water partition coefficient (Wildman–Crippen LogP) is 3.92. The third kappa shape index (κ3) is 8.06. The van der Waals surface area contributed by atoms with Crippen LogP contribution >= 0.6 is 11.6 Å². The fourth-order valence-electron chi connectivity index (χ4n) is 6.47. The molecule has 14 heteroatoms. The van der Waals surface area contributed by atoms with E-state index < -0.39 is 65.7 Å². The van der Waals surface area contributed by atoms with Crippen molar-refractivity contribution >= 4 is 41.2 Å². The number of methoxy groups -OCH3 is 2. The van der Waals surface area contributed by atoms with E-state index in [9.17, 15) is 24.3 Å². The van der Waals surface area contributed by atoms with Gasteiger partial charge in [-0.2, -0.15) is 0 Å². The summed E-state index contributed by atoms with van der Waals surface area (Å²) in [7, 11) is 6.01. The number of nitrogens with one attached hydrogen (secondary N) is 1. The number of benzene rings is 1. The molecule has 3 aliphatic heterocycles. The van der Waals surface area contributed by atoms with Crippen molar-refractivity contribution < 1.29 is 48.0 Å². The molecule has 7 unspecified atom stereocenters. The molecular weight excluding hydrogens is 658 g/mol. The zero-order chi connectivity index (χ0) is 36.4. The number of fused-ring (bicyclic) bond motifs is 5. The van der Waals surface area contributed by atoms with Gasteiger partial charge in [0, 0.05) is 40.0 Å². The van der Waals surface area contributed by atoms with E-state index in [1.807, 2.05) is 13.0 Å². The van der Waals surface area contributed by atoms with E-state index in [1.54, 1.807) is 59.0 Å². The lowest BCUT2D eigenvalue weighted by atomic mass is 9.83. The molecule has 3 amide bonds. The van der Waals surface area contributed by atoms with Crippen LogP contribution in [0.15, 0.2) is 35.9 Å². The van der Waals surface area contributed by atoms with Crippen LogP contribution in [0.4, 0.5) is 10.5 Å². The number of esters is 1. The molecule has 0 radical (unpaired) electrons. The van der Waals surface area contributed by atoms with Gasteiger partial charge >= 0.3 is 12.1 Å². The standard InChI is InChI=1S/C35H48ClN3O10/c1-10-28(40)38(6)21(4)32(42)48-27-17-29(41)39(7)23-15-22(16-24(45-8)30(23)36)14-19(2)12-11-13-26(46-9)35(44)18-25(47-33(43)37-35)20(3)31-34(27,5)49-31/h11-13,15-16,20-21,25-27,31,44H,10,14,17-18H2,1-9H3,(H,37,43)/b13-11+,19-12+/t20?,21-,25?,26?,27?,31?,34?,35?/m0/s1. The zero-order valence-corrected chi connectivity index (χ0v) is 30.3. The molecule has 2 fully saturated rings. The molecule has 4 rings (SSSR count). The average molecular weight is 706 g/mol. The molecule has 4 bridgehead atoms. The largest absolute Gasteiger partial charge is 0.495 e. The summed E-state index contributed by atoms with van der Waals surface area (Å²) in [5, 5.41) is 14.4. The van der Waals surface area contributed by atoms with Crippen molar-refractivity contribution in [3.8, 4) is 5.75 Å². The summed E-state index contributed by atoms with van der Waals surface area (Å²) in [5.74, 6) is -1.53. The fraction of sp³-hybridized carbons (Fsp3) is 0.600. The minimum absolute atomic E-state index is 0.0431. The van der Waals surface area contributed by atoms with Crippen LogP contribution in [-0.4, -0.2) is 104 Å². The van der Waals surface area contributed by atoms with E-state index in [4.69, 9.17) is 35.3 Å². The van der Waals surface area contributed by atoms with E-state index in [1.165, 1.54) is 31.1 Å². The second-order valence-corrected chi connectivity index (χ2v) is 13.6. The maximum absolute atomic E-state index is 14.0. The lowest BCUT2D eigenvalue weighted by Gasteiger charge is -2.42. The number of amides is 3. The monoisotopic (exact) mass is 705 g/mol. The number of halogens is 1. The molecule has 1 aromatic rings. The van der Waals surface area contributed by atoms with Gasteiger partial charge in [0.25, 0.3) is 0 Å². The molecule has 0 saturated carbocycles. The summed E-state index contributed by atoms with van der Waals surface area (Å²) in [5.41, 5.74) is -0.870. The molecule has 3 aliphatic rings. The lowest BCUT2D eigenvalue weighted by Crippen LogP contribution is -2.63. The Labute approximate surface area is 292 Å². The number of likely N-dealkylation sites (N-methyl/N-ethyl adjacent to an activating group) is 1. The lowest BCUT2D eigenvalue weighted by molar-refractivity contribution is -0.162. The minimum Gasteiger partial charge on any atom is -0.495 e. The number of hydrogen-bond donors (Lipinski definition) is 2. The first-order valence-electron chi connectivity index (χ1n) is 16.3. The molecule has 49 heavy (non-hydrogen) atoms. The number of ether oxygens (including phenoxy) is 5. The Kier molecular flexibility index (Phi) is 11.7. The number of hydrogen-bond acceptors (Lipinski definition) is 10. The van der Waals surface area contributed by atoms with Crippen LogP contribution in [-0.2, 0) is 39.8 Å². The zero-order valence-electron chi connectivity index (χ0n) is 29.6. The third-order valence-electron chi connectivity index (χ3n) is 9.83. The van der Waals surface area contributed by atoms with Crippen LogP contribution in [0.3, 0.4) is 0 Å². The second kappa shape index (κ2) is 15.1. The van der Waals surface area contributed by atoms with Gasteiger partial charge in [-0.3, -0.25) is 14.9 Å². The van der Waals surface area contributed by atoms with E-state index in [-0.39, 0.29) is 30.2 Å². The van der Waals surface area contributed by atoms with E-state index in [0.29, 0.717) is 17.9 Å². The summed E-state index contributed by atoms with van der Waals surface area (Å²) in [6.07, 6.45) is 1.22. The number of epoxide rings is 1. The van der Waals surface area contributed by atoms with Crippen LogP contribution < -0.4 is 15.0 Å². The van der Waals surface area contributed by atoms with Gasteiger partial charge in [-0.15, -0.1) is 0 Å². The quantitative estimate of drug-likeness (QED) is 0.329. The number of aliphatic hydroxyl groups is 1. The van der Waals surface area contributed by atoms with Gasteiger partial charge in [0.2, 0.25) is 11.8 Å². The number of anilines is 1. The molecule has 0 aromatic heterocycles. The van der Waals surface area contributed by atoms with Gasteiger partial charge in [0.1, 0.15) is 40.7 Å². The first-order valence-corrected chi connectivity index (χ1v) is 16.7. The van der Waals surface area contributed by atoms with Crippen LogP contribution in [0.2, 0.25) is 5.02 Å². The van der Waals surface area contributed by atoms with Crippen molar-refractivity contribution in [1.29, 1.82) is 0 Å². The van der Waals surface area contributed by atoms with E-state index >= 15 is 0 Å². The maximum atomic E-state index is 14.0. The minimum atomic E-state index is -1.82. The van der Waals surface area contributed by atoms with Crippen LogP contribution in [0.5, 0.6) is 5.75 Å². The molecule has 2 saturated heterocycles. The predicted molar refractivity (Wildman–Crippen MR) is 181 cm³/mol. The smallest absolute Gasteiger partial charge is 0.409 e. The Morgan fingerprint density at radius 1 is 1.27 bits per heavy atom. The molecule has 8 atom stereocenters. The van der Waals surface area contributed by atoms with Crippen molar-refractivity contribution in [2.45, 2.75) is 102 Å². The Bertz CT molecular complexity index is 1520. The highest BCUT2D eigenvalue weighted by molar-refractivity contribution is 6.35. The summed E-state index contributed by atoms with van der Waals surface area (Å²) >= 11 is 6.72. The molecule has 1 aromatic carbocycles. The molecule has 0 spiro atoms. The summed E-state index contributed by atoms with van der Waals surface area (Å²) < 4.78 is 29.0. The number of carbonyl (C=O) groups is 4. The van der Waals surface area contributed by atoms with Crippen LogP contribution in [0, 0.1) is 5.92 Å². The van der Waals surface area contributed by atoms with Gasteiger partial charge in [0.15, 0.2) is 5.72 Å². The van der Waals surface area contributed by atoms with Crippen molar-refractivity contribution in [1.82, 2.24) is 10.2 Å². The summed E-state index contributed by atoms with van der Waals surface area (Å²) in [6.45, 7) is 8.68. The summed E-state index contributed by atoms with van der Waals surface area (Å²) in [6, 6.07) is 2.64. The fourth-order valence-corrected chi connectivity index (χ4v) is 6.78. The van der Waals surface area contributed by atoms with E-state index in [0.717, 1.165) is 11.1 Å². The number of carbonyl (C=O) groups excluding carboxylic acids is 4. The van der Waals surface area contributed by atoms with Gasteiger partial charge in [0.05, 0.1) is 25.3 Å². The molecule has 0 aliphatic carbocycles. The average Bonchev–Trinajstić information content (AvgIpc) is 3.76. The van der Waals surface area contributed by atoms with Gasteiger partial charge < -0.3 is 38.6 Å². The number of alkyl carbamates (subject to hydrolysis) is 1. The van der Waals surface area contributed by atoms with Crippen molar-refractivity contribution in [2.24, 2.45) is 5.92 Å². The SMILES string of the molecule is CCC(=O)N(C)[C@@H](C)C(=O)OC1CC(=O)N(C)c2cc(cc(OC)c2Cl)C/C(C)=C/C=C/C(OC)C2(O)CC(OC(=O)N2)C(C)C2OC12C. The molecule has 2 N–H and O–H groups in total. The summed E-state index contributed by atoms with van der Waals surface area (Å²) in [4.78, 5) is 55.3. The number of rotatable bonds is 6.